The average molecular weight is 243 g/mol. The molecule has 4 heteroatoms. The molecular weight excluding hydrogens is 227 g/mol. The fraction of sp³-hybridized carbons (Fsp3) is 0.538. The van der Waals surface area contributed by atoms with Crippen molar-refractivity contribution in [3.05, 3.63) is 34.9 Å². The van der Waals surface area contributed by atoms with E-state index >= 15 is 0 Å². The Morgan fingerprint density at radius 3 is 2.41 bits per heavy atom. The molecule has 0 amide bonds. The second kappa shape index (κ2) is 4.33. The predicted octanol–water partition coefficient (Wildman–Crippen LogP) is 3.68. The van der Waals surface area contributed by atoms with Gasteiger partial charge in [-0.25, -0.2) is 0 Å². The van der Waals surface area contributed by atoms with Crippen LogP contribution in [0.2, 0.25) is 0 Å². The van der Waals surface area contributed by atoms with E-state index in [0.29, 0.717) is 12.5 Å². The van der Waals surface area contributed by atoms with Crippen LogP contribution in [0.1, 0.15) is 30.5 Å². The van der Waals surface area contributed by atoms with Crippen LogP contribution in [0.4, 0.5) is 13.2 Å². The Morgan fingerprint density at radius 2 is 1.82 bits per heavy atom. The molecule has 1 aromatic rings. The Morgan fingerprint density at radius 1 is 1.18 bits per heavy atom. The molecule has 0 radical (unpaired) electrons. The summed E-state index contributed by atoms with van der Waals surface area (Å²) in [5, 5.41) is 0. The zero-order chi connectivity index (χ0) is 12.6. The molecule has 1 aromatic carbocycles. The molecule has 1 heterocycles. The van der Waals surface area contributed by atoms with Gasteiger partial charge in [-0.15, -0.1) is 0 Å². The number of nitrogens with zero attached hydrogens (tertiary/aromatic N) is 1. The SMILES string of the molecule is CC(C)CN1Cc2ccc(C(F)(F)F)cc2C1. The summed E-state index contributed by atoms with van der Waals surface area (Å²) in [5.74, 6) is 0.534. The van der Waals surface area contributed by atoms with Crippen LogP contribution in [0.3, 0.4) is 0 Å². The van der Waals surface area contributed by atoms with E-state index < -0.39 is 11.7 Å². The number of halogens is 3. The molecule has 0 spiro atoms. The molecule has 1 aliphatic heterocycles. The Bertz CT molecular complexity index is 410. The Balaban J connectivity index is 2.17. The lowest BCUT2D eigenvalue weighted by atomic mass is 10.1. The van der Waals surface area contributed by atoms with Crippen molar-refractivity contribution in [2.24, 2.45) is 5.92 Å². The van der Waals surface area contributed by atoms with Gasteiger partial charge in [0.05, 0.1) is 5.56 Å². The highest BCUT2D eigenvalue weighted by atomic mass is 19.4. The molecule has 2 rings (SSSR count). The van der Waals surface area contributed by atoms with Crippen LogP contribution in [-0.2, 0) is 19.3 Å². The van der Waals surface area contributed by atoms with Crippen LogP contribution < -0.4 is 0 Å². The molecule has 17 heavy (non-hydrogen) atoms. The van der Waals surface area contributed by atoms with E-state index in [1.807, 2.05) is 0 Å². The Labute approximate surface area is 99.2 Å². The molecule has 0 atom stereocenters. The first-order valence-electron chi connectivity index (χ1n) is 5.77. The van der Waals surface area contributed by atoms with Crippen LogP contribution in [0.15, 0.2) is 18.2 Å². The number of fused-ring (bicyclic) bond motifs is 1. The first kappa shape index (κ1) is 12.4. The van der Waals surface area contributed by atoms with E-state index in [9.17, 15) is 13.2 Å². The summed E-state index contributed by atoms with van der Waals surface area (Å²) in [7, 11) is 0. The maximum absolute atomic E-state index is 12.5. The summed E-state index contributed by atoms with van der Waals surface area (Å²) in [6, 6.07) is 4.08. The summed E-state index contributed by atoms with van der Waals surface area (Å²) in [5.41, 5.74) is 1.31. The zero-order valence-corrected chi connectivity index (χ0v) is 10.0. The third kappa shape index (κ3) is 2.80. The van der Waals surface area contributed by atoms with Gasteiger partial charge in [-0.3, -0.25) is 4.90 Å². The van der Waals surface area contributed by atoms with E-state index in [-0.39, 0.29) is 0 Å². The smallest absolute Gasteiger partial charge is 0.295 e. The monoisotopic (exact) mass is 243 g/mol. The van der Waals surface area contributed by atoms with Gasteiger partial charge in [0.2, 0.25) is 0 Å². The molecule has 0 saturated heterocycles. The summed E-state index contributed by atoms with van der Waals surface area (Å²) in [6.45, 7) is 6.56. The van der Waals surface area contributed by atoms with Gasteiger partial charge < -0.3 is 0 Å². The first-order valence-corrected chi connectivity index (χ1v) is 5.77. The normalized spacial score (nSPS) is 16.6. The number of benzene rings is 1. The summed E-state index contributed by atoms with van der Waals surface area (Å²) < 4.78 is 37.6. The van der Waals surface area contributed by atoms with E-state index in [1.165, 1.54) is 12.1 Å². The van der Waals surface area contributed by atoms with E-state index in [4.69, 9.17) is 0 Å². The highest BCUT2D eigenvalue weighted by Gasteiger charge is 2.32. The van der Waals surface area contributed by atoms with Crippen molar-refractivity contribution in [2.75, 3.05) is 6.54 Å². The van der Waals surface area contributed by atoms with Crippen LogP contribution >= 0.6 is 0 Å². The molecule has 0 bridgehead atoms. The van der Waals surface area contributed by atoms with Crippen molar-refractivity contribution >= 4 is 0 Å². The highest BCUT2D eigenvalue weighted by molar-refractivity contribution is 5.35. The standard InChI is InChI=1S/C13H16F3N/c1-9(2)6-17-7-10-3-4-12(13(14,15)16)5-11(10)8-17/h3-5,9H,6-8H2,1-2H3. The minimum absolute atomic E-state index is 0.534. The summed E-state index contributed by atoms with van der Waals surface area (Å²) in [6.07, 6.45) is -4.24. The number of hydrogen-bond donors (Lipinski definition) is 0. The van der Waals surface area contributed by atoms with Gasteiger partial charge in [0.15, 0.2) is 0 Å². The fourth-order valence-corrected chi connectivity index (χ4v) is 2.29. The van der Waals surface area contributed by atoms with Gasteiger partial charge in [-0.05, 0) is 29.2 Å². The molecule has 0 N–H and O–H groups in total. The summed E-state index contributed by atoms with van der Waals surface area (Å²) in [4.78, 5) is 2.19. The number of alkyl halides is 3. The molecule has 0 saturated carbocycles. The van der Waals surface area contributed by atoms with Crippen LogP contribution in [-0.4, -0.2) is 11.4 Å². The van der Waals surface area contributed by atoms with E-state index in [1.54, 1.807) is 6.07 Å². The third-order valence-corrected chi connectivity index (χ3v) is 2.94. The quantitative estimate of drug-likeness (QED) is 0.766. The topological polar surface area (TPSA) is 3.24 Å². The lowest BCUT2D eigenvalue weighted by Crippen LogP contribution is -2.21. The van der Waals surface area contributed by atoms with Crippen LogP contribution in [0.25, 0.3) is 0 Å². The molecule has 94 valence electrons. The Hall–Kier alpha value is -1.03. The number of rotatable bonds is 2. The average Bonchev–Trinajstić information content (AvgIpc) is 2.55. The lowest BCUT2D eigenvalue weighted by Gasteiger charge is -2.16. The minimum atomic E-state index is -4.24. The second-order valence-corrected chi connectivity index (χ2v) is 5.04. The first-order chi connectivity index (χ1) is 7.86. The molecule has 0 fully saturated rings. The van der Waals surface area contributed by atoms with Crippen LogP contribution in [0, 0.1) is 5.92 Å². The summed E-state index contributed by atoms with van der Waals surface area (Å²) >= 11 is 0. The molecule has 0 aliphatic carbocycles. The second-order valence-electron chi connectivity index (χ2n) is 5.04. The maximum Gasteiger partial charge on any atom is 0.416 e. The van der Waals surface area contributed by atoms with Crippen LogP contribution in [0.5, 0.6) is 0 Å². The van der Waals surface area contributed by atoms with Gasteiger partial charge in [-0.2, -0.15) is 13.2 Å². The largest absolute Gasteiger partial charge is 0.416 e. The number of hydrogen-bond acceptors (Lipinski definition) is 1. The third-order valence-electron chi connectivity index (χ3n) is 2.94. The Kier molecular flexibility index (Phi) is 3.17. The molecule has 0 aromatic heterocycles. The van der Waals surface area contributed by atoms with E-state index in [0.717, 1.165) is 24.2 Å². The van der Waals surface area contributed by atoms with Crippen molar-refractivity contribution < 1.29 is 13.2 Å². The molecule has 1 aliphatic rings. The van der Waals surface area contributed by atoms with Gasteiger partial charge in [0, 0.05) is 19.6 Å². The van der Waals surface area contributed by atoms with E-state index in [2.05, 4.69) is 18.7 Å². The molecule has 1 nitrogen and oxygen atoms in total. The van der Waals surface area contributed by atoms with Gasteiger partial charge in [0.25, 0.3) is 0 Å². The predicted molar refractivity (Wildman–Crippen MR) is 60.4 cm³/mol. The van der Waals surface area contributed by atoms with Crippen molar-refractivity contribution in [1.82, 2.24) is 4.90 Å². The minimum Gasteiger partial charge on any atom is -0.295 e. The highest BCUT2D eigenvalue weighted by Crippen LogP contribution is 2.33. The maximum atomic E-state index is 12.5. The fourth-order valence-electron chi connectivity index (χ4n) is 2.29. The molecule has 0 unspecified atom stereocenters. The van der Waals surface area contributed by atoms with Crippen molar-refractivity contribution in [1.29, 1.82) is 0 Å². The van der Waals surface area contributed by atoms with Crippen molar-refractivity contribution in [2.45, 2.75) is 33.1 Å². The van der Waals surface area contributed by atoms with Gasteiger partial charge in [0.1, 0.15) is 0 Å². The zero-order valence-electron chi connectivity index (χ0n) is 10.0. The van der Waals surface area contributed by atoms with Crippen molar-refractivity contribution in [3.8, 4) is 0 Å². The van der Waals surface area contributed by atoms with Crippen molar-refractivity contribution in [3.63, 3.8) is 0 Å². The lowest BCUT2D eigenvalue weighted by molar-refractivity contribution is -0.137. The van der Waals surface area contributed by atoms with Gasteiger partial charge >= 0.3 is 6.18 Å². The van der Waals surface area contributed by atoms with Gasteiger partial charge in [-0.1, -0.05) is 19.9 Å². The molecular formula is C13H16F3N.